The quantitative estimate of drug-likeness (QED) is 0.410. The minimum Gasteiger partial charge on any atom is -0.458 e. The van der Waals surface area contributed by atoms with Crippen LogP contribution in [0.5, 0.6) is 0 Å². The van der Waals surface area contributed by atoms with E-state index in [2.05, 4.69) is 0 Å². The van der Waals surface area contributed by atoms with Crippen LogP contribution in [-0.2, 0) is 9.53 Å². The van der Waals surface area contributed by atoms with E-state index in [1.807, 2.05) is 27.7 Å². The second-order valence-electron chi connectivity index (χ2n) is 3.89. The molecular formula is C11H21NO3. The number of aliphatic hydroxyl groups is 1. The van der Waals surface area contributed by atoms with Crippen molar-refractivity contribution in [2.45, 2.75) is 40.3 Å². The Morgan fingerprint density at radius 1 is 1.47 bits per heavy atom. The van der Waals surface area contributed by atoms with Crippen molar-refractivity contribution in [2.24, 2.45) is 11.7 Å². The van der Waals surface area contributed by atoms with Crippen molar-refractivity contribution in [1.82, 2.24) is 0 Å². The fourth-order valence-corrected chi connectivity index (χ4v) is 1.34. The fraction of sp³-hybridized carbons (Fsp3) is 0.727. The molecule has 0 radical (unpaired) electrons. The molecule has 0 aromatic rings. The number of ether oxygens (including phenoxy) is 1. The van der Waals surface area contributed by atoms with Crippen molar-refractivity contribution in [3.8, 4) is 0 Å². The number of hydrogen-bond donors (Lipinski definition) is 2. The average molecular weight is 215 g/mol. The molecule has 2 unspecified atom stereocenters. The predicted octanol–water partition coefficient (Wildman–Crippen LogP) is 1.19. The largest absolute Gasteiger partial charge is 0.458 e. The first kappa shape index (κ1) is 14.1. The van der Waals surface area contributed by atoms with E-state index < -0.39 is 6.23 Å². The molecule has 0 aromatic heterocycles. The van der Waals surface area contributed by atoms with Crippen LogP contribution >= 0.6 is 0 Å². The topological polar surface area (TPSA) is 72.5 Å². The van der Waals surface area contributed by atoms with Crippen LogP contribution in [-0.4, -0.2) is 23.9 Å². The van der Waals surface area contributed by atoms with Gasteiger partial charge in [0.1, 0.15) is 12.8 Å². The van der Waals surface area contributed by atoms with E-state index >= 15 is 0 Å². The molecule has 3 N–H and O–H groups in total. The van der Waals surface area contributed by atoms with Crippen LogP contribution in [0.1, 0.15) is 34.1 Å². The van der Waals surface area contributed by atoms with Gasteiger partial charge in [-0.25, -0.2) is 4.79 Å². The first-order valence-electron chi connectivity index (χ1n) is 5.18. The van der Waals surface area contributed by atoms with Crippen LogP contribution < -0.4 is 5.73 Å². The van der Waals surface area contributed by atoms with E-state index in [0.29, 0.717) is 5.57 Å². The number of nitrogens with two attached hydrogens (primary N) is 1. The second-order valence-corrected chi connectivity index (χ2v) is 3.89. The van der Waals surface area contributed by atoms with Gasteiger partial charge in [-0.15, -0.1) is 0 Å². The molecule has 0 aromatic carbocycles. The Morgan fingerprint density at radius 2 is 2.00 bits per heavy atom. The van der Waals surface area contributed by atoms with E-state index in [0.717, 1.165) is 12.0 Å². The van der Waals surface area contributed by atoms with Crippen molar-refractivity contribution in [1.29, 1.82) is 0 Å². The van der Waals surface area contributed by atoms with Gasteiger partial charge >= 0.3 is 5.97 Å². The van der Waals surface area contributed by atoms with Crippen LogP contribution in [0.4, 0.5) is 0 Å². The summed E-state index contributed by atoms with van der Waals surface area (Å²) in [6.45, 7) is 7.58. The van der Waals surface area contributed by atoms with Crippen molar-refractivity contribution in [2.75, 3.05) is 6.61 Å². The summed E-state index contributed by atoms with van der Waals surface area (Å²) < 4.78 is 4.88. The number of esters is 1. The summed E-state index contributed by atoms with van der Waals surface area (Å²) in [5.74, 6) is -0.216. The Balaban J connectivity index is 4.53. The van der Waals surface area contributed by atoms with Crippen LogP contribution in [0.15, 0.2) is 11.1 Å². The maximum Gasteiger partial charge on any atom is 0.334 e. The highest BCUT2D eigenvalue weighted by Crippen LogP contribution is 2.19. The van der Waals surface area contributed by atoms with E-state index in [4.69, 9.17) is 15.6 Å². The van der Waals surface area contributed by atoms with E-state index in [1.165, 1.54) is 0 Å². The first-order chi connectivity index (χ1) is 6.90. The summed E-state index contributed by atoms with van der Waals surface area (Å²) in [6.07, 6.45) is -0.231. The minimum atomic E-state index is -1.11. The maximum absolute atomic E-state index is 11.6. The van der Waals surface area contributed by atoms with Crippen LogP contribution in [0.25, 0.3) is 0 Å². The lowest BCUT2D eigenvalue weighted by atomic mass is 9.95. The van der Waals surface area contributed by atoms with Crippen LogP contribution in [0, 0.1) is 5.92 Å². The highest BCUT2D eigenvalue weighted by atomic mass is 16.5. The van der Waals surface area contributed by atoms with Gasteiger partial charge < -0.3 is 15.6 Å². The van der Waals surface area contributed by atoms with Gasteiger partial charge in [-0.2, -0.15) is 0 Å². The highest BCUT2D eigenvalue weighted by molar-refractivity contribution is 5.89. The summed E-state index contributed by atoms with van der Waals surface area (Å²) in [6, 6.07) is 0. The van der Waals surface area contributed by atoms with Crippen LogP contribution in [0.2, 0.25) is 0 Å². The third-order valence-electron chi connectivity index (χ3n) is 2.25. The Hall–Kier alpha value is -0.870. The zero-order valence-electron chi connectivity index (χ0n) is 9.91. The molecule has 88 valence electrons. The van der Waals surface area contributed by atoms with Gasteiger partial charge in [-0.1, -0.05) is 19.4 Å². The summed E-state index contributed by atoms with van der Waals surface area (Å²) in [5, 5.41) is 8.80. The van der Waals surface area contributed by atoms with E-state index in [1.54, 1.807) is 0 Å². The Morgan fingerprint density at radius 3 is 2.33 bits per heavy atom. The maximum atomic E-state index is 11.6. The first-order valence-corrected chi connectivity index (χ1v) is 5.18. The molecule has 2 atom stereocenters. The number of allylic oxidation sites excluding steroid dienone is 1. The summed E-state index contributed by atoms with van der Waals surface area (Å²) in [7, 11) is 0. The molecule has 0 fully saturated rings. The van der Waals surface area contributed by atoms with Gasteiger partial charge in [0.25, 0.3) is 0 Å². The van der Waals surface area contributed by atoms with Gasteiger partial charge in [0.2, 0.25) is 0 Å². The van der Waals surface area contributed by atoms with E-state index in [-0.39, 0.29) is 18.5 Å². The molecule has 0 aliphatic carbocycles. The smallest absolute Gasteiger partial charge is 0.334 e. The normalized spacial score (nSPS) is 14.3. The average Bonchev–Trinajstić information content (AvgIpc) is 2.14. The van der Waals surface area contributed by atoms with Gasteiger partial charge in [0.15, 0.2) is 0 Å². The third-order valence-corrected chi connectivity index (χ3v) is 2.25. The lowest BCUT2D eigenvalue weighted by Crippen LogP contribution is -2.28. The summed E-state index contributed by atoms with van der Waals surface area (Å²) in [5.41, 5.74) is 6.71. The highest BCUT2D eigenvalue weighted by Gasteiger charge is 2.18. The Bertz CT molecular complexity index is 242. The van der Waals surface area contributed by atoms with Crippen molar-refractivity contribution >= 4 is 5.97 Å². The van der Waals surface area contributed by atoms with Gasteiger partial charge in [0, 0.05) is 5.57 Å². The van der Waals surface area contributed by atoms with Gasteiger partial charge in [-0.05, 0) is 26.2 Å². The van der Waals surface area contributed by atoms with E-state index in [9.17, 15) is 4.79 Å². The monoisotopic (exact) mass is 215 g/mol. The molecule has 0 saturated heterocycles. The molecular weight excluding hydrogens is 194 g/mol. The molecule has 4 nitrogen and oxygen atoms in total. The number of carbonyl (C=O) groups is 1. The number of carbonyl (C=O) groups excluding carboxylic acids is 1. The summed E-state index contributed by atoms with van der Waals surface area (Å²) >= 11 is 0. The van der Waals surface area contributed by atoms with Crippen molar-refractivity contribution < 1.29 is 14.6 Å². The lowest BCUT2D eigenvalue weighted by Gasteiger charge is -2.16. The molecule has 0 bridgehead atoms. The zero-order chi connectivity index (χ0) is 12.0. The molecule has 0 heterocycles. The van der Waals surface area contributed by atoms with Crippen molar-refractivity contribution in [3.63, 3.8) is 0 Å². The third kappa shape index (κ3) is 4.95. The molecule has 4 heteroatoms. The number of rotatable bonds is 5. The molecule has 0 spiro atoms. The Labute approximate surface area is 91.1 Å². The molecule has 0 rings (SSSR count). The standard InChI is InChI=1S/C11H21NO3/c1-5-8(4)10(7(2)3)11(14)15-6-9(12)13/h8-9,13H,5-6,12H2,1-4H3. The van der Waals surface area contributed by atoms with Gasteiger partial charge in [-0.3, -0.25) is 0 Å². The Kier molecular flexibility index (Phi) is 6.20. The molecule has 0 aliphatic heterocycles. The molecule has 0 aliphatic rings. The summed E-state index contributed by atoms with van der Waals surface area (Å²) in [4.78, 5) is 11.6. The predicted molar refractivity (Wildman–Crippen MR) is 59.0 cm³/mol. The molecule has 0 amide bonds. The van der Waals surface area contributed by atoms with Gasteiger partial charge in [0.05, 0.1) is 0 Å². The minimum absolute atomic E-state index is 0.161. The lowest BCUT2D eigenvalue weighted by molar-refractivity contribution is -0.142. The number of aliphatic hydroxyl groups excluding tert-OH is 1. The molecule has 0 saturated carbocycles. The second kappa shape index (κ2) is 6.58. The number of hydrogen-bond acceptors (Lipinski definition) is 4. The zero-order valence-corrected chi connectivity index (χ0v) is 9.91. The van der Waals surface area contributed by atoms with Crippen LogP contribution in [0.3, 0.4) is 0 Å². The van der Waals surface area contributed by atoms with Crippen molar-refractivity contribution in [3.05, 3.63) is 11.1 Å². The SMILES string of the molecule is CCC(C)C(C(=O)OCC(N)O)=C(C)C. The molecule has 15 heavy (non-hydrogen) atoms. The fourth-order valence-electron chi connectivity index (χ4n) is 1.34.